The van der Waals surface area contributed by atoms with E-state index in [9.17, 15) is 9.59 Å². The van der Waals surface area contributed by atoms with Gasteiger partial charge in [-0.1, -0.05) is 23.7 Å². The highest BCUT2D eigenvalue weighted by Crippen LogP contribution is 2.28. The number of H-pyrrole nitrogens is 1. The lowest BCUT2D eigenvalue weighted by Crippen LogP contribution is -2.38. The van der Waals surface area contributed by atoms with Crippen molar-refractivity contribution < 1.29 is 0 Å². The Balaban J connectivity index is 1.26. The van der Waals surface area contributed by atoms with E-state index < -0.39 is 0 Å². The van der Waals surface area contributed by atoms with Gasteiger partial charge >= 0.3 is 11.4 Å². The van der Waals surface area contributed by atoms with Gasteiger partial charge in [0.1, 0.15) is 0 Å². The van der Waals surface area contributed by atoms with Crippen LogP contribution in [0.3, 0.4) is 0 Å². The Morgan fingerprint density at radius 2 is 1.76 bits per heavy atom. The van der Waals surface area contributed by atoms with Gasteiger partial charge in [-0.3, -0.25) is 13.7 Å². The van der Waals surface area contributed by atoms with Crippen LogP contribution in [0.2, 0.25) is 5.02 Å². The molecule has 0 atom stereocenters. The van der Waals surface area contributed by atoms with Gasteiger partial charge in [-0.2, -0.15) is 0 Å². The fourth-order valence-electron chi connectivity index (χ4n) is 5.25. The third-order valence-corrected chi connectivity index (χ3v) is 7.08. The number of aryl methyl sites for hydroxylation is 1. The fraction of sp³-hybridized carbons (Fsp3) is 0.440. The predicted molar refractivity (Wildman–Crippen MR) is 133 cm³/mol. The van der Waals surface area contributed by atoms with Gasteiger partial charge in [-0.15, -0.1) is 0 Å². The molecule has 0 radical (unpaired) electrons. The van der Waals surface area contributed by atoms with E-state index in [-0.39, 0.29) is 23.5 Å². The van der Waals surface area contributed by atoms with Crippen molar-refractivity contribution in [3.05, 3.63) is 68.5 Å². The summed E-state index contributed by atoms with van der Waals surface area (Å²) >= 11 is 6.23. The van der Waals surface area contributed by atoms with Crippen molar-refractivity contribution in [1.29, 1.82) is 0 Å². The molecule has 8 heteroatoms. The molecule has 1 N–H and O–H groups in total. The number of aromatic nitrogens is 4. The van der Waals surface area contributed by atoms with Gasteiger partial charge in [-0.05, 0) is 70.0 Å². The molecule has 2 aromatic carbocycles. The topological polar surface area (TPSA) is 68.0 Å². The first-order valence-corrected chi connectivity index (χ1v) is 12.1. The number of para-hydroxylation sites is 2. The molecule has 174 valence electrons. The highest BCUT2D eigenvalue weighted by molar-refractivity contribution is 6.31. The highest BCUT2D eigenvalue weighted by Gasteiger charge is 2.26. The molecule has 3 heterocycles. The Labute approximate surface area is 197 Å². The van der Waals surface area contributed by atoms with Crippen LogP contribution in [-0.2, 0) is 6.54 Å². The van der Waals surface area contributed by atoms with Gasteiger partial charge in [0.25, 0.3) is 0 Å². The average molecular weight is 468 g/mol. The summed E-state index contributed by atoms with van der Waals surface area (Å²) in [6.07, 6.45) is 2.79. The minimum atomic E-state index is -0.0454. The number of piperidine rings is 1. The van der Waals surface area contributed by atoms with E-state index in [1.807, 2.05) is 70.0 Å². The smallest absolute Gasteiger partial charge is 0.306 e. The molecule has 1 saturated heterocycles. The second kappa shape index (κ2) is 8.88. The number of rotatable bonds is 6. The molecule has 1 fully saturated rings. The molecule has 0 amide bonds. The Hall–Kier alpha value is -2.77. The minimum Gasteiger partial charge on any atom is -0.306 e. The van der Waals surface area contributed by atoms with E-state index in [4.69, 9.17) is 11.6 Å². The molecule has 4 aromatic rings. The molecular weight excluding hydrogens is 438 g/mol. The van der Waals surface area contributed by atoms with E-state index in [0.29, 0.717) is 11.6 Å². The van der Waals surface area contributed by atoms with E-state index in [2.05, 4.69) is 9.88 Å². The first kappa shape index (κ1) is 22.0. The predicted octanol–water partition coefficient (Wildman–Crippen LogP) is 4.41. The molecule has 1 aliphatic rings. The summed E-state index contributed by atoms with van der Waals surface area (Å²) in [5.74, 6) is 0. The van der Waals surface area contributed by atoms with Crippen LogP contribution in [0, 0.1) is 0 Å². The molecule has 2 aromatic heterocycles. The van der Waals surface area contributed by atoms with Gasteiger partial charge in [0, 0.05) is 36.7 Å². The van der Waals surface area contributed by atoms with Crippen LogP contribution in [0.5, 0.6) is 0 Å². The first-order valence-electron chi connectivity index (χ1n) is 11.8. The second-order valence-corrected chi connectivity index (χ2v) is 9.71. The van der Waals surface area contributed by atoms with Crippen LogP contribution in [0.4, 0.5) is 0 Å². The van der Waals surface area contributed by atoms with Gasteiger partial charge in [0.2, 0.25) is 0 Å². The summed E-state index contributed by atoms with van der Waals surface area (Å²) in [7, 11) is 0. The lowest BCUT2D eigenvalue weighted by molar-refractivity contribution is 0.182. The van der Waals surface area contributed by atoms with Gasteiger partial charge in [-0.25, -0.2) is 9.59 Å². The van der Waals surface area contributed by atoms with E-state index >= 15 is 0 Å². The summed E-state index contributed by atoms with van der Waals surface area (Å²) in [5.41, 5.74) is 3.73. The van der Waals surface area contributed by atoms with Crippen molar-refractivity contribution in [2.75, 3.05) is 19.6 Å². The molecule has 1 aliphatic heterocycles. The maximum absolute atomic E-state index is 13.3. The zero-order valence-electron chi connectivity index (χ0n) is 19.1. The third kappa shape index (κ3) is 4.04. The number of hydrogen-bond acceptors (Lipinski definition) is 3. The number of halogens is 1. The molecule has 0 aliphatic carbocycles. The molecule has 7 nitrogen and oxygen atoms in total. The van der Waals surface area contributed by atoms with Crippen LogP contribution in [0.1, 0.15) is 45.2 Å². The number of nitrogens with zero attached hydrogens (tertiary/aromatic N) is 4. The van der Waals surface area contributed by atoms with Crippen LogP contribution in [0.25, 0.3) is 22.1 Å². The average Bonchev–Trinajstić information content (AvgIpc) is 3.27. The maximum Gasteiger partial charge on any atom is 0.329 e. The second-order valence-electron chi connectivity index (χ2n) is 9.27. The number of likely N-dealkylation sites (tertiary alicyclic amines) is 1. The molecule has 0 unspecified atom stereocenters. The monoisotopic (exact) mass is 467 g/mol. The fourth-order valence-corrected chi connectivity index (χ4v) is 5.42. The number of fused-ring (bicyclic) bond motifs is 2. The number of hydrogen-bond donors (Lipinski definition) is 1. The van der Waals surface area contributed by atoms with Crippen molar-refractivity contribution in [3.63, 3.8) is 0 Å². The van der Waals surface area contributed by atoms with Crippen LogP contribution < -0.4 is 11.4 Å². The zero-order valence-corrected chi connectivity index (χ0v) is 19.9. The zero-order chi connectivity index (χ0) is 23.1. The minimum absolute atomic E-state index is 0.0454. The van der Waals surface area contributed by atoms with Crippen molar-refractivity contribution in [2.24, 2.45) is 0 Å². The molecule has 0 bridgehead atoms. The van der Waals surface area contributed by atoms with E-state index in [1.165, 1.54) is 0 Å². The van der Waals surface area contributed by atoms with E-state index in [1.54, 1.807) is 0 Å². The number of nitrogens with one attached hydrogen (secondary N) is 1. The molecule has 5 rings (SSSR count). The lowest BCUT2D eigenvalue weighted by atomic mass is 10.0. The van der Waals surface area contributed by atoms with E-state index in [0.717, 1.165) is 61.0 Å². The molecule has 0 spiro atoms. The van der Waals surface area contributed by atoms with Crippen molar-refractivity contribution in [2.45, 2.75) is 51.7 Å². The summed E-state index contributed by atoms with van der Waals surface area (Å²) < 4.78 is 5.66. The molecular formula is C25H30ClN5O2. The Morgan fingerprint density at radius 3 is 2.52 bits per heavy atom. The number of imidazole rings is 2. The van der Waals surface area contributed by atoms with Crippen LogP contribution in [-0.4, -0.2) is 43.2 Å². The Kier molecular flexibility index (Phi) is 5.93. The van der Waals surface area contributed by atoms with Crippen LogP contribution in [0.15, 0.2) is 52.1 Å². The quantitative estimate of drug-likeness (QED) is 0.456. The first-order chi connectivity index (χ1) is 15.9. The van der Waals surface area contributed by atoms with Crippen molar-refractivity contribution in [3.8, 4) is 0 Å². The third-order valence-electron chi connectivity index (χ3n) is 6.85. The molecule has 0 saturated carbocycles. The van der Waals surface area contributed by atoms with Crippen LogP contribution >= 0.6 is 11.6 Å². The molecule has 33 heavy (non-hydrogen) atoms. The Bertz CT molecular complexity index is 1400. The van der Waals surface area contributed by atoms with Crippen molar-refractivity contribution in [1.82, 2.24) is 23.6 Å². The number of benzene rings is 2. The SMILES string of the molecule is CC(C)n1c(=O)n(C2CCN(CCCn3c(=O)[nH]c4ccccc43)CC2)c2ccc(Cl)cc21. The summed E-state index contributed by atoms with van der Waals surface area (Å²) in [6.45, 7) is 7.60. The standard InChI is InChI=1S/C25H30ClN5O2/c1-17(2)30-23-16-18(26)8-9-22(23)31(25(30)33)19-10-14-28(15-11-19)12-5-13-29-21-7-4-3-6-20(21)27-24(29)32/h3-4,6-9,16-17,19H,5,10-15H2,1-2H3,(H,27,32). The van der Waals surface area contributed by atoms with Gasteiger partial charge in [0.05, 0.1) is 22.1 Å². The summed E-state index contributed by atoms with van der Waals surface area (Å²) in [4.78, 5) is 30.9. The van der Waals surface area contributed by atoms with Gasteiger partial charge < -0.3 is 9.88 Å². The summed E-state index contributed by atoms with van der Waals surface area (Å²) in [6, 6.07) is 13.8. The maximum atomic E-state index is 13.3. The number of aromatic amines is 1. The van der Waals surface area contributed by atoms with Crippen molar-refractivity contribution >= 4 is 33.7 Å². The largest absolute Gasteiger partial charge is 0.329 e. The lowest BCUT2D eigenvalue weighted by Gasteiger charge is -2.32. The highest BCUT2D eigenvalue weighted by atomic mass is 35.5. The summed E-state index contributed by atoms with van der Waals surface area (Å²) in [5, 5.41) is 0.651. The Morgan fingerprint density at radius 1 is 1.00 bits per heavy atom. The normalized spacial score (nSPS) is 15.9. The van der Waals surface area contributed by atoms with Gasteiger partial charge in [0.15, 0.2) is 0 Å².